The normalized spacial score (nSPS) is 16.0. The lowest BCUT2D eigenvalue weighted by Gasteiger charge is -2.31. The summed E-state index contributed by atoms with van der Waals surface area (Å²) >= 11 is 0. The first-order chi connectivity index (χ1) is 10.9. The molecule has 0 saturated carbocycles. The lowest BCUT2D eigenvalue weighted by molar-refractivity contribution is -0.274. The molecule has 1 aliphatic rings. The zero-order chi connectivity index (χ0) is 16.9. The first-order valence-electron chi connectivity index (χ1n) is 7.23. The SMILES string of the molecule is O=CCC1CCN(C(=O)Nc2ccc(OC(F)(F)F)cc2)CC1. The van der Waals surface area contributed by atoms with Gasteiger partial charge in [0.15, 0.2) is 0 Å². The topological polar surface area (TPSA) is 58.6 Å². The Labute approximate surface area is 131 Å². The molecule has 1 saturated heterocycles. The molecule has 5 nitrogen and oxygen atoms in total. The number of benzene rings is 1. The number of halogens is 3. The van der Waals surface area contributed by atoms with Gasteiger partial charge in [-0.25, -0.2) is 4.79 Å². The molecule has 1 fully saturated rings. The third kappa shape index (κ3) is 5.46. The number of piperidine rings is 1. The molecule has 2 rings (SSSR count). The number of carbonyl (C=O) groups excluding carboxylic acids is 2. The summed E-state index contributed by atoms with van der Waals surface area (Å²) in [6.07, 6.45) is -1.80. The number of likely N-dealkylation sites (tertiary alicyclic amines) is 1. The average molecular weight is 330 g/mol. The number of anilines is 1. The van der Waals surface area contributed by atoms with Crippen molar-refractivity contribution < 1.29 is 27.5 Å². The summed E-state index contributed by atoms with van der Waals surface area (Å²) in [5.41, 5.74) is 0.388. The highest BCUT2D eigenvalue weighted by molar-refractivity contribution is 5.89. The average Bonchev–Trinajstić information content (AvgIpc) is 2.49. The molecule has 23 heavy (non-hydrogen) atoms. The Morgan fingerprint density at radius 1 is 1.26 bits per heavy atom. The number of nitrogens with one attached hydrogen (secondary N) is 1. The van der Waals surface area contributed by atoms with Crippen LogP contribution in [0.15, 0.2) is 24.3 Å². The van der Waals surface area contributed by atoms with Crippen molar-refractivity contribution in [1.82, 2.24) is 4.90 Å². The second kappa shape index (κ2) is 7.34. The maximum absolute atomic E-state index is 12.1. The molecule has 0 aromatic heterocycles. The molecule has 1 N–H and O–H groups in total. The second-order valence-corrected chi connectivity index (χ2v) is 5.34. The van der Waals surface area contributed by atoms with Crippen LogP contribution in [-0.2, 0) is 4.79 Å². The number of hydrogen-bond acceptors (Lipinski definition) is 3. The minimum Gasteiger partial charge on any atom is -0.406 e. The van der Waals surface area contributed by atoms with Crippen LogP contribution in [0.1, 0.15) is 19.3 Å². The predicted molar refractivity (Wildman–Crippen MR) is 77.1 cm³/mol. The number of rotatable bonds is 4. The standard InChI is InChI=1S/C15H17F3N2O3/c16-15(17,18)23-13-3-1-12(2-4-13)19-14(22)20-8-5-11(6-9-20)7-10-21/h1-4,10-11H,5-9H2,(H,19,22). The van der Waals surface area contributed by atoms with Gasteiger partial charge in [-0.2, -0.15) is 0 Å². The van der Waals surface area contributed by atoms with Crippen molar-refractivity contribution in [1.29, 1.82) is 0 Å². The monoisotopic (exact) mass is 330 g/mol. The Hall–Kier alpha value is -2.25. The molecule has 0 atom stereocenters. The van der Waals surface area contributed by atoms with Gasteiger partial charge in [-0.3, -0.25) is 0 Å². The molecule has 126 valence electrons. The van der Waals surface area contributed by atoms with Gasteiger partial charge in [-0.15, -0.1) is 13.2 Å². The minimum atomic E-state index is -4.74. The number of nitrogens with zero attached hydrogens (tertiary/aromatic N) is 1. The molecule has 2 amide bonds. The summed E-state index contributed by atoms with van der Waals surface area (Å²) in [4.78, 5) is 24.2. The highest BCUT2D eigenvalue weighted by atomic mass is 19.4. The number of amides is 2. The number of urea groups is 1. The summed E-state index contributed by atoms with van der Waals surface area (Å²) in [5, 5.41) is 2.63. The van der Waals surface area contributed by atoms with E-state index in [1.807, 2.05) is 0 Å². The molecule has 8 heteroatoms. The van der Waals surface area contributed by atoms with Crippen LogP contribution in [0.2, 0.25) is 0 Å². The number of alkyl halides is 3. The van der Waals surface area contributed by atoms with E-state index in [4.69, 9.17) is 0 Å². The molecule has 0 radical (unpaired) electrons. The summed E-state index contributed by atoms with van der Waals surface area (Å²) < 4.78 is 39.9. The second-order valence-electron chi connectivity index (χ2n) is 5.34. The fraction of sp³-hybridized carbons (Fsp3) is 0.467. The third-order valence-electron chi connectivity index (χ3n) is 3.67. The molecule has 1 aromatic rings. The minimum absolute atomic E-state index is 0.306. The smallest absolute Gasteiger partial charge is 0.406 e. The van der Waals surface area contributed by atoms with Gasteiger partial charge >= 0.3 is 12.4 Å². The van der Waals surface area contributed by atoms with E-state index in [1.165, 1.54) is 12.1 Å². The van der Waals surface area contributed by atoms with Gasteiger partial charge in [-0.05, 0) is 43.0 Å². The zero-order valence-electron chi connectivity index (χ0n) is 12.3. The molecule has 0 aliphatic carbocycles. The Balaban J connectivity index is 1.85. The first kappa shape index (κ1) is 17.1. The molecule has 0 bridgehead atoms. The van der Waals surface area contributed by atoms with Gasteiger partial charge < -0.3 is 19.7 Å². The number of ether oxygens (including phenoxy) is 1. The molecule has 0 spiro atoms. The van der Waals surface area contributed by atoms with Crippen molar-refractivity contribution in [3.8, 4) is 5.75 Å². The van der Waals surface area contributed by atoms with E-state index in [0.717, 1.165) is 31.3 Å². The van der Waals surface area contributed by atoms with Crippen LogP contribution in [0, 0.1) is 5.92 Å². The summed E-state index contributed by atoms with van der Waals surface area (Å²) in [6.45, 7) is 1.11. The number of carbonyl (C=O) groups is 2. The summed E-state index contributed by atoms with van der Waals surface area (Å²) in [7, 11) is 0. The highest BCUT2D eigenvalue weighted by Crippen LogP contribution is 2.24. The third-order valence-corrected chi connectivity index (χ3v) is 3.67. The van der Waals surface area contributed by atoms with E-state index in [9.17, 15) is 22.8 Å². The van der Waals surface area contributed by atoms with Crippen molar-refractivity contribution >= 4 is 18.0 Å². The molecule has 0 unspecified atom stereocenters. The van der Waals surface area contributed by atoms with E-state index in [-0.39, 0.29) is 11.8 Å². The molecular weight excluding hydrogens is 313 g/mol. The Morgan fingerprint density at radius 3 is 2.39 bits per heavy atom. The largest absolute Gasteiger partial charge is 0.573 e. The molecular formula is C15H17F3N2O3. The Bertz CT molecular complexity index is 538. The van der Waals surface area contributed by atoms with Crippen molar-refractivity contribution in [2.24, 2.45) is 5.92 Å². The quantitative estimate of drug-likeness (QED) is 0.861. The van der Waals surface area contributed by atoms with Gasteiger partial charge in [0.05, 0.1) is 0 Å². The van der Waals surface area contributed by atoms with E-state index in [1.54, 1.807) is 4.90 Å². The number of aldehydes is 1. The molecule has 1 aliphatic heterocycles. The maximum Gasteiger partial charge on any atom is 0.573 e. The van der Waals surface area contributed by atoms with Crippen molar-refractivity contribution in [2.75, 3.05) is 18.4 Å². The van der Waals surface area contributed by atoms with Crippen molar-refractivity contribution in [2.45, 2.75) is 25.6 Å². The highest BCUT2D eigenvalue weighted by Gasteiger charge is 2.31. The van der Waals surface area contributed by atoms with Gasteiger partial charge in [0.1, 0.15) is 12.0 Å². The van der Waals surface area contributed by atoms with Crippen LogP contribution in [0.25, 0.3) is 0 Å². The van der Waals surface area contributed by atoms with E-state index < -0.39 is 6.36 Å². The van der Waals surface area contributed by atoms with Crippen LogP contribution in [0.5, 0.6) is 5.75 Å². The van der Waals surface area contributed by atoms with Crippen molar-refractivity contribution in [3.63, 3.8) is 0 Å². The van der Waals surface area contributed by atoms with Crippen LogP contribution in [-0.4, -0.2) is 36.7 Å². The van der Waals surface area contributed by atoms with E-state index in [2.05, 4.69) is 10.1 Å². The fourth-order valence-corrected chi connectivity index (χ4v) is 2.45. The van der Waals surface area contributed by atoms with Gasteiger partial charge in [0.2, 0.25) is 0 Å². The predicted octanol–water partition coefficient (Wildman–Crippen LogP) is 3.42. The van der Waals surface area contributed by atoms with Crippen LogP contribution >= 0.6 is 0 Å². The first-order valence-corrected chi connectivity index (χ1v) is 7.23. The molecule has 1 aromatic carbocycles. The van der Waals surface area contributed by atoms with Crippen LogP contribution in [0.4, 0.5) is 23.7 Å². The fourth-order valence-electron chi connectivity index (χ4n) is 2.45. The summed E-state index contributed by atoms with van der Waals surface area (Å²) in [6, 6.07) is 4.66. The maximum atomic E-state index is 12.1. The van der Waals surface area contributed by atoms with Crippen LogP contribution < -0.4 is 10.1 Å². The Morgan fingerprint density at radius 2 is 1.87 bits per heavy atom. The van der Waals surface area contributed by atoms with Gasteiger partial charge in [0.25, 0.3) is 0 Å². The lowest BCUT2D eigenvalue weighted by atomic mass is 9.94. The Kier molecular flexibility index (Phi) is 5.46. The van der Waals surface area contributed by atoms with E-state index in [0.29, 0.717) is 31.1 Å². The summed E-state index contributed by atoms with van der Waals surface area (Å²) in [5.74, 6) is -0.0273. The van der Waals surface area contributed by atoms with Gasteiger partial charge in [0, 0.05) is 25.2 Å². The van der Waals surface area contributed by atoms with Crippen molar-refractivity contribution in [3.05, 3.63) is 24.3 Å². The molecule has 1 heterocycles. The lowest BCUT2D eigenvalue weighted by Crippen LogP contribution is -2.41. The zero-order valence-corrected chi connectivity index (χ0v) is 12.3. The van der Waals surface area contributed by atoms with Gasteiger partial charge in [-0.1, -0.05) is 0 Å². The number of hydrogen-bond donors (Lipinski definition) is 1. The van der Waals surface area contributed by atoms with Crippen LogP contribution in [0.3, 0.4) is 0 Å². The van der Waals surface area contributed by atoms with E-state index >= 15 is 0 Å².